The molecule has 0 aliphatic carbocycles. The van der Waals surface area contributed by atoms with E-state index in [1.54, 1.807) is 41.3 Å². The van der Waals surface area contributed by atoms with E-state index in [1.165, 1.54) is 10.9 Å². The third-order valence-electron chi connectivity index (χ3n) is 3.12. The van der Waals surface area contributed by atoms with Crippen molar-refractivity contribution in [1.82, 2.24) is 24.8 Å². The maximum Gasteiger partial charge on any atom is 0.292 e. The zero-order valence-electron chi connectivity index (χ0n) is 11.9. The van der Waals surface area contributed by atoms with E-state index < -0.39 is 5.56 Å². The molecule has 1 N–H and O–H groups in total. The van der Waals surface area contributed by atoms with Gasteiger partial charge in [-0.1, -0.05) is 28.4 Å². The first kappa shape index (κ1) is 15.5. The van der Waals surface area contributed by atoms with Crippen LogP contribution in [0.25, 0.3) is 5.69 Å². The van der Waals surface area contributed by atoms with Crippen molar-refractivity contribution in [3.63, 3.8) is 0 Å². The van der Waals surface area contributed by atoms with Gasteiger partial charge in [-0.2, -0.15) is 9.78 Å². The standard InChI is InChI=1S/C14H12Cl2N6O/c15-10-1-3-11(4-2-10)22-14(23)13(16)12(9-19-22)17-5-7-21-8-6-18-20-21/h1-4,6,8-9,17H,5,7H2. The first-order valence-electron chi connectivity index (χ1n) is 6.77. The largest absolute Gasteiger partial charge is 0.381 e. The highest BCUT2D eigenvalue weighted by molar-refractivity contribution is 6.33. The molecule has 0 bridgehead atoms. The lowest BCUT2D eigenvalue weighted by Crippen LogP contribution is -2.23. The molecule has 3 rings (SSSR count). The van der Waals surface area contributed by atoms with Crippen LogP contribution in [0.15, 0.2) is 47.7 Å². The SMILES string of the molecule is O=c1c(Cl)c(NCCn2ccnn2)cnn1-c1ccc(Cl)cc1. The fourth-order valence-corrected chi connectivity index (χ4v) is 2.30. The van der Waals surface area contributed by atoms with Crippen molar-refractivity contribution in [2.75, 3.05) is 11.9 Å². The summed E-state index contributed by atoms with van der Waals surface area (Å²) in [5.41, 5.74) is 0.664. The molecule has 0 aliphatic heterocycles. The highest BCUT2D eigenvalue weighted by Gasteiger charge is 2.10. The van der Waals surface area contributed by atoms with E-state index in [-0.39, 0.29) is 5.02 Å². The topological polar surface area (TPSA) is 77.6 Å². The van der Waals surface area contributed by atoms with Gasteiger partial charge in [0.2, 0.25) is 0 Å². The summed E-state index contributed by atoms with van der Waals surface area (Å²) in [6.07, 6.45) is 4.86. The fraction of sp³-hybridized carbons (Fsp3) is 0.143. The second-order valence-electron chi connectivity index (χ2n) is 4.66. The van der Waals surface area contributed by atoms with Crippen molar-refractivity contribution in [1.29, 1.82) is 0 Å². The molecular weight excluding hydrogens is 339 g/mol. The summed E-state index contributed by atoms with van der Waals surface area (Å²) in [6.45, 7) is 1.13. The van der Waals surface area contributed by atoms with Gasteiger partial charge in [0.1, 0.15) is 5.02 Å². The summed E-state index contributed by atoms with van der Waals surface area (Å²) in [5, 5.41) is 15.4. The second-order valence-corrected chi connectivity index (χ2v) is 5.47. The molecule has 23 heavy (non-hydrogen) atoms. The molecule has 1 aromatic carbocycles. The number of hydrogen-bond donors (Lipinski definition) is 1. The molecule has 3 aromatic rings. The Balaban J connectivity index is 1.77. The minimum absolute atomic E-state index is 0.0774. The van der Waals surface area contributed by atoms with Gasteiger partial charge >= 0.3 is 0 Å². The Morgan fingerprint density at radius 3 is 2.65 bits per heavy atom. The van der Waals surface area contributed by atoms with Gasteiger partial charge < -0.3 is 5.32 Å². The predicted octanol–water partition coefficient (Wildman–Crippen LogP) is 2.24. The smallest absolute Gasteiger partial charge is 0.292 e. The van der Waals surface area contributed by atoms with E-state index in [0.29, 0.717) is 29.5 Å². The van der Waals surface area contributed by atoms with Crippen molar-refractivity contribution in [2.45, 2.75) is 6.54 Å². The van der Waals surface area contributed by atoms with Crippen LogP contribution in [0.2, 0.25) is 10.0 Å². The number of rotatable bonds is 5. The molecule has 0 saturated heterocycles. The van der Waals surface area contributed by atoms with Gasteiger partial charge in [0.05, 0.1) is 30.3 Å². The number of hydrogen-bond acceptors (Lipinski definition) is 5. The van der Waals surface area contributed by atoms with Gasteiger partial charge in [0, 0.05) is 17.8 Å². The van der Waals surface area contributed by atoms with Crippen LogP contribution in [0.5, 0.6) is 0 Å². The van der Waals surface area contributed by atoms with E-state index >= 15 is 0 Å². The number of benzene rings is 1. The fourth-order valence-electron chi connectivity index (χ4n) is 1.98. The molecule has 0 saturated carbocycles. The molecule has 0 spiro atoms. The predicted molar refractivity (Wildman–Crippen MR) is 88.4 cm³/mol. The molecule has 9 heteroatoms. The lowest BCUT2D eigenvalue weighted by molar-refractivity contribution is 0.608. The van der Waals surface area contributed by atoms with Crippen LogP contribution in [0.4, 0.5) is 5.69 Å². The van der Waals surface area contributed by atoms with Crippen LogP contribution in [-0.2, 0) is 6.54 Å². The van der Waals surface area contributed by atoms with Crippen molar-refractivity contribution in [3.05, 3.63) is 63.3 Å². The summed E-state index contributed by atoms with van der Waals surface area (Å²) in [7, 11) is 0. The van der Waals surface area contributed by atoms with Crippen LogP contribution in [0, 0.1) is 0 Å². The summed E-state index contributed by atoms with van der Waals surface area (Å²) in [6, 6.07) is 6.77. The van der Waals surface area contributed by atoms with Crippen molar-refractivity contribution in [3.8, 4) is 5.69 Å². The Labute approximate surface area is 141 Å². The highest BCUT2D eigenvalue weighted by Crippen LogP contribution is 2.17. The first-order valence-corrected chi connectivity index (χ1v) is 7.52. The van der Waals surface area contributed by atoms with E-state index in [9.17, 15) is 4.79 Å². The summed E-state index contributed by atoms with van der Waals surface area (Å²) in [5.74, 6) is 0. The van der Waals surface area contributed by atoms with Gasteiger partial charge in [-0.15, -0.1) is 5.10 Å². The maximum absolute atomic E-state index is 12.3. The lowest BCUT2D eigenvalue weighted by Gasteiger charge is -2.10. The van der Waals surface area contributed by atoms with Gasteiger partial charge in [-0.3, -0.25) is 9.48 Å². The molecular formula is C14H12Cl2N6O. The highest BCUT2D eigenvalue weighted by atomic mass is 35.5. The average Bonchev–Trinajstić information content (AvgIpc) is 3.06. The van der Waals surface area contributed by atoms with E-state index in [4.69, 9.17) is 23.2 Å². The average molecular weight is 351 g/mol. The van der Waals surface area contributed by atoms with Crippen LogP contribution in [0.3, 0.4) is 0 Å². The number of anilines is 1. The monoisotopic (exact) mass is 350 g/mol. The van der Waals surface area contributed by atoms with Gasteiger partial charge in [0.15, 0.2) is 0 Å². The summed E-state index contributed by atoms with van der Waals surface area (Å²) < 4.78 is 2.89. The molecule has 0 fully saturated rings. The summed E-state index contributed by atoms with van der Waals surface area (Å²) >= 11 is 12.0. The maximum atomic E-state index is 12.3. The van der Waals surface area contributed by atoms with Crippen LogP contribution in [-0.4, -0.2) is 31.3 Å². The van der Waals surface area contributed by atoms with E-state index in [1.807, 2.05) is 0 Å². The van der Waals surface area contributed by atoms with Gasteiger partial charge in [-0.25, -0.2) is 0 Å². The molecule has 118 valence electrons. The Morgan fingerprint density at radius 1 is 1.17 bits per heavy atom. The van der Waals surface area contributed by atoms with E-state index in [2.05, 4.69) is 20.7 Å². The number of halogens is 2. The summed E-state index contributed by atoms with van der Waals surface area (Å²) in [4.78, 5) is 12.3. The number of nitrogens with zero attached hydrogens (tertiary/aromatic N) is 5. The zero-order valence-corrected chi connectivity index (χ0v) is 13.4. The Bertz CT molecular complexity index is 845. The van der Waals surface area contributed by atoms with Gasteiger partial charge in [0.25, 0.3) is 5.56 Å². The van der Waals surface area contributed by atoms with Crippen LogP contribution < -0.4 is 10.9 Å². The minimum Gasteiger partial charge on any atom is -0.381 e. The number of nitrogens with one attached hydrogen (secondary N) is 1. The normalized spacial score (nSPS) is 10.7. The van der Waals surface area contributed by atoms with Crippen molar-refractivity contribution in [2.24, 2.45) is 0 Å². The Kier molecular flexibility index (Phi) is 4.59. The third-order valence-corrected chi connectivity index (χ3v) is 3.74. The second kappa shape index (κ2) is 6.80. The lowest BCUT2D eigenvalue weighted by atomic mass is 10.3. The Morgan fingerprint density at radius 2 is 1.96 bits per heavy atom. The molecule has 0 atom stereocenters. The minimum atomic E-state index is -0.403. The zero-order chi connectivity index (χ0) is 16.2. The van der Waals surface area contributed by atoms with E-state index in [0.717, 1.165) is 0 Å². The molecule has 7 nitrogen and oxygen atoms in total. The Hall–Kier alpha value is -2.38. The molecule has 0 unspecified atom stereocenters. The van der Waals surface area contributed by atoms with Crippen LogP contribution >= 0.6 is 23.2 Å². The van der Waals surface area contributed by atoms with Crippen LogP contribution in [0.1, 0.15) is 0 Å². The molecule has 0 radical (unpaired) electrons. The number of aromatic nitrogens is 5. The molecule has 2 heterocycles. The quantitative estimate of drug-likeness (QED) is 0.763. The molecule has 0 aliphatic rings. The van der Waals surface area contributed by atoms with Crippen molar-refractivity contribution >= 4 is 28.9 Å². The molecule has 2 aromatic heterocycles. The van der Waals surface area contributed by atoms with Crippen molar-refractivity contribution < 1.29 is 0 Å². The molecule has 0 amide bonds. The third kappa shape index (κ3) is 3.52. The first-order chi connectivity index (χ1) is 11.1. The van der Waals surface area contributed by atoms with Gasteiger partial charge in [-0.05, 0) is 24.3 Å².